The van der Waals surface area contributed by atoms with Gasteiger partial charge in [0.25, 0.3) is 5.69 Å². The second-order valence-corrected chi connectivity index (χ2v) is 4.69. The van der Waals surface area contributed by atoms with Gasteiger partial charge in [0.05, 0.1) is 4.92 Å². The van der Waals surface area contributed by atoms with Gasteiger partial charge < -0.3 is 11.1 Å². The average Bonchev–Trinajstić information content (AvgIpc) is 2.26. The van der Waals surface area contributed by atoms with Crippen LogP contribution in [0.25, 0.3) is 0 Å². The summed E-state index contributed by atoms with van der Waals surface area (Å²) in [5, 5.41) is 14.7. The van der Waals surface area contributed by atoms with E-state index in [1.54, 1.807) is 24.3 Å². The Morgan fingerprint density at radius 1 is 1.05 bits per heavy atom. The summed E-state index contributed by atoms with van der Waals surface area (Å²) in [5.41, 5.74) is 6.84. The minimum Gasteiger partial charge on any atom is -0.393 e. The second kappa shape index (κ2) is 5.34. The molecule has 98 valence electrons. The van der Waals surface area contributed by atoms with Gasteiger partial charge in [0.2, 0.25) is 0 Å². The Balaban J connectivity index is 2.28. The first-order chi connectivity index (χ1) is 8.95. The van der Waals surface area contributed by atoms with E-state index in [0.717, 1.165) is 0 Å². The van der Waals surface area contributed by atoms with Gasteiger partial charge in [-0.3, -0.25) is 10.1 Å². The minimum atomic E-state index is -0.532. The molecule has 7 heteroatoms. The Morgan fingerprint density at radius 3 is 2.21 bits per heavy atom. The normalized spacial score (nSPS) is 10.2. The number of nitro benzene ring substituents is 1. The van der Waals surface area contributed by atoms with Crippen LogP contribution in [0.5, 0.6) is 0 Å². The van der Waals surface area contributed by atoms with Crippen LogP contribution in [-0.2, 0) is 0 Å². The lowest BCUT2D eigenvalue weighted by molar-refractivity contribution is -0.383. The molecule has 2 rings (SSSR count). The van der Waals surface area contributed by atoms with Crippen LogP contribution in [0, 0.1) is 10.1 Å². The SMILES string of the molecule is Nc1cc(Nc2cc(Cl)cc(Cl)c2)ccc1[N+](=O)[O-]. The molecule has 0 bridgehead atoms. The number of anilines is 3. The van der Waals surface area contributed by atoms with Crippen molar-refractivity contribution in [3.8, 4) is 0 Å². The molecule has 0 saturated heterocycles. The van der Waals surface area contributed by atoms with Gasteiger partial charge in [0.1, 0.15) is 5.69 Å². The highest BCUT2D eigenvalue weighted by Crippen LogP contribution is 2.29. The van der Waals surface area contributed by atoms with Crippen molar-refractivity contribution < 1.29 is 4.92 Å². The van der Waals surface area contributed by atoms with Crippen LogP contribution in [-0.4, -0.2) is 4.92 Å². The summed E-state index contributed by atoms with van der Waals surface area (Å²) in [6.45, 7) is 0. The predicted octanol–water partition coefficient (Wildman–Crippen LogP) is 4.23. The summed E-state index contributed by atoms with van der Waals surface area (Å²) in [6.07, 6.45) is 0. The van der Waals surface area contributed by atoms with E-state index in [9.17, 15) is 10.1 Å². The Bertz CT molecular complexity index is 627. The van der Waals surface area contributed by atoms with Crippen LogP contribution in [0.1, 0.15) is 0 Å². The van der Waals surface area contributed by atoms with E-state index in [4.69, 9.17) is 28.9 Å². The highest BCUT2D eigenvalue weighted by Gasteiger charge is 2.11. The maximum absolute atomic E-state index is 10.7. The maximum atomic E-state index is 10.7. The van der Waals surface area contributed by atoms with Crippen molar-refractivity contribution in [2.75, 3.05) is 11.1 Å². The van der Waals surface area contributed by atoms with Crippen molar-refractivity contribution in [1.82, 2.24) is 0 Å². The molecule has 0 aliphatic rings. The van der Waals surface area contributed by atoms with Gasteiger partial charge in [-0.05, 0) is 30.3 Å². The molecule has 0 aliphatic heterocycles. The average molecular weight is 298 g/mol. The van der Waals surface area contributed by atoms with Crippen LogP contribution < -0.4 is 11.1 Å². The highest BCUT2D eigenvalue weighted by atomic mass is 35.5. The van der Waals surface area contributed by atoms with E-state index in [1.165, 1.54) is 12.1 Å². The van der Waals surface area contributed by atoms with E-state index in [2.05, 4.69) is 5.32 Å². The van der Waals surface area contributed by atoms with Gasteiger partial charge >= 0.3 is 0 Å². The number of nitro groups is 1. The number of benzene rings is 2. The molecule has 0 saturated carbocycles. The number of nitrogen functional groups attached to an aromatic ring is 1. The van der Waals surface area contributed by atoms with Gasteiger partial charge in [0, 0.05) is 27.5 Å². The monoisotopic (exact) mass is 297 g/mol. The zero-order valence-electron chi connectivity index (χ0n) is 9.56. The van der Waals surface area contributed by atoms with E-state index in [1.807, 2.05) is 0 Å². The molecule has 0 heterocycles. The lowest BCUT2D eigenvalue weighted by Crippen LogP contribution is -1.97. The topological polar surface area (TPSA) is 81.2 Å². The van der Waals surface area contributed by atoms with Gasteiger partial charge in [-0.15, -0.1) is 0 Å². The summed E-state index contributed by atoms with van der Waals surface area (Å²) in [4.78, 5) is 10.1. The molecule has 0 aromatic heterocycles. The molecule has 0 spiro atoms. The van der Waals surface area contributed by atoms with Gasteiger partial charge in [-0.25, -0.2) is 0 Å². The first-order valence-electron chi connectivity index (χ1n) is 5.23. The number of nitrogens with two attached hydrogens (primary N) is 1. The third-order valence-electron chi connectivity index (χ3n) is 2.38. The van der Waals surface area contributed by atoms with Crippen LogP contribution in [0.2, 0.25) is 10.0 Å². The number of halogens is 2. The minimum absolute atomic E-state index is 0.0862. The van der Waals surface area contributed by atoms with Crippen molar-refractivity contribution >= 4 is 46.0 Å². The molecule has 0 aliphatic carbocycles. The molecule has 19 heavy (non-hydrogen) atoms. The van der Waals surface area contributed by atoms with E-state index in [0.29, 0.717) is 21.4 Å². The molecule has 3 N–H and O–H groups in total. The van der Waals surface area contributed by atoms with E-state index in [-0.39, 0.29) is 11.4 Å². The molecule has 0 unspecified atom stereocenters. The Hall–Kier alpha value is -1.98. The first-order valence-corrected chi connectivity index (χ1v) is 5.98. The standard InChI is InChI=1S/C12H9Cl2N3O2/c13-7-3-8(14)5-10(4-7)16-9-1-2-12(17(18)19)11(15)6-9/h1-6,16H,15H2. The third-order valence-corrected chi connectivity index (χ3v) is 2.81. The van der Waals surface area contributed by atoms with E-state index >= 15 is 0 Å². The lowest BCUT2D eigenvalue weighted by Gasteiger charge is -2.08. The van der Waals surface area contributed by atoms with Crippen molar-refractivity contribution in [3.05, 3.63) is 56.6 Å². The fraction of sp³-hybridized carbons (Fsp3) is 0. The summed E-state index contributed by atoms with van der Waals surface area (Å²) >= 11 is 11.8. The number of nitrogens with zero attached hydrogens (tertiary/aromatic N) is 1. The summed E-state index contributed by atoms with van der Waals surface area (Å²) in [6, 6.07) is 9.36. The quantitative estimate of drug-likeness (QED) is 0.505. The van der Waals surface area contributed by atoms with Crippen molar-refractivity contribution in [1.29, 1.82) is 0 Å². The number of hydrogen-bond acceptors (Lipinski definition) is 4. The molecule has 0 amide bonds. The molecule has 2 aromatic rings. The van der Waals surface area contributed by atoms with Gasteiger partial charge in [-0.1, -0.05) is 23.2 Å². The van der Waals surface area contributed by atoms with Gasteiger partial charge in [-0.2, -0.15) is 0 Å². The third kappa shape index (κ3) is 3.27. The molecular formula is C12H9Cl2N3O2. The largest absolute Gasteiger partial charge is 0.393 e. The van der Waals surface area contributed by atoms with E-state index < -0.39 is 4.92 Å². The first kappa shape index (κ1) is 13.5. The van der Waals surface area contributed by atoms with Crippen LogP contribution in [0.15, 0.2) is 36.4 Å². The molecule has 5 nitrogen and oxygen atoms in total. The summed E-state index contributed by atoms with van der Waals surface area (Å²) in [7, 11) is 0. The lowest BCUT2D eigenvalue weighted by atomic mass is 10.2. The van der Waals surface area contributed by atoms with Crippen LogP contribution in [0.3, 0.4) is 0 Å². The fourth-order valence-corrected chi connectivity index (χ4v) is 2.12. The highest BCUT2D eigenvalue weighted by molar-refractivity contribution is 6.35. The van der Waals surface area contributed by atoms with Crippen LogP contribution >= 0.6 is 23.2 Å². The Labute approximate surface area is 119 Å². The smallest absolute Gasteiger partial charge is 0.292 e. The van der Waals surface area contributed by atoms with Crippen molar-refractivity contribution in [2.45, 2.75) is 0 Å². The summed E-state index contributed by atoms with van der Waals surface area (Å²) in [5.74, 6) is 0. The summed E-state index contributed by atoms with van der Waals surface area (Å²) < 4.78 is 0. The fourth-order valence-electron chi connectivity index (χ4n) is 1.59. The number of nitrogens with one attached hydrogen (secondary N) is 1. The Morgan fingerprint density at radius 2 is 1.68 bits per heavy atom. The second-order valence-electron chi connectivity index (χ2n) is 3.81. The molecule has 0 radical (unpaired) electrons. The number of rotatable bonds is 3. The molecular weight excluding hydrogens is 289 g/mol. The number of hydrogen-bond donors (Lipinski definition) is 2. The van der Waals surface area contributed by atoms with Crippen LogP contribution in [0.4, 0.5) is 22.7 Å². The predicted molar refractivity (Wildman–Crippen MR) is 77.3 cm³/mol. The molecule has 0 fully saturated rings. The Kier molecular flexibility index (Phi) is 3.78. The molecule has 2 aromatic carbocycles. The molecule has 0 atom stereocenters. The zero-order chi connectivity index (χ0) is 14.0. The van der Waals surface area contributed by atoms with Gasteiger partial charge in [0.15, 0.2) is 0 Å². The van der Waals surface area contributed by atoms with Crippen molar-refractivity contribution in [3.63, 3.8) is 0 Å². The maximum Gasteiger partial charge on any atom is 0.292 e. The van der Waals surface area contributed by atoms with Crippen molar-refractivity contribution in [2.24, 2.45) is 0 Å². The zero-order valence-corrected chi connectivity index (χ0v) is 11.1.